The highest BCUT2D eigenvalue weighted by molar-refractivity contribution is 6.10. The van der Waals surface area contributed by atoms with Crippen molar-refractivity contribution in [2.24, 2.45) is 5.92 Å². The van der Waals surface area contributed by atoms with Crippen molar-refractivity contribution in [1.29, 1.82) is 0 Å². The highest BCUT2D eigenvalue weighted by Gasteiger charge is 2.29. The Kier molecular flexibility index (Phi) is 4.74. The summed E-state index contributed by atoms with van der Waals surface area (Å²) < 4.78 is 0. The molecule has 28 heavy (non-hydrogen) atoms. The number of ketones is 1. The largest absolute Gasteiger partial charge is 0.303 e. The second-order valence-corrected chi connectivity index (χ2v) is 8.50. The summed E-state index contributed by atoms with van der Waals surface area (Å²) in [4.78, 5) is 15.6. The zero-order chi connectivity index (χ0) is 18.9. The number of piperidine rings is 1. The van der Waals surface area contributed by atoms with Gasteiger partial charge in [0.2, 0.25) is 0 Å². The standard InChI is InChI=1S/C26H27NO/c28-25-17-19(16-23-11-10-22-8-4-5-9-24(22)26(23)25)18-27-14-12-21(13-15-27)20-6-2-1-3-7-20/h1-11,19,21H,12-18H2. The van der Waals surface area contributed by atoms with E-state index in [0.29, 0.717) is 24.0 Å². The van der Waals surface area contributed by atoms with Gasteiger partial charge >= 0.3 is 0 Å². The summed E-state index contributed by atoms with van der Waals surface area (Å²) in [6, 6.07) is 23.6. The maximum Gasteiger partial charge on any atom is 0.164 e. The predicted octanol–water partition coefficient (Wildman–Crippen LogP) is 5.46. The lowest BCUT2D eigenvalue weighted by Crippen LogP contribution is -2.38. The predicted molar refractivity (Wildman–Crippen MR) is 115 cm³/mol. The monoisotopic (exact) mass is 369 g/mol. The molecular weight excluding hydrogens is 342 g/mol. The molecule has 0 aromatic heterocycles. The van der Waals surface area contributed by atoms with Gasteiger partial charge in [-0.2, -0.15) is 0 Å². The first-order chi connectivity index (χ1) is 13.8. The van der Waals surface area contributed by atoms with Gasteiger partial charge in [-0.15, -0.1) is 0 Å². The third kappa shape index (κ3) is 3.38. The lowest BCUT2D eigenvalue weighted by Gasteiger charge is -2.35. The molecule has 0 bridgehead atoms. The van der Waals surface area contributed by atoms with E-state index in [9.17, 15) is 4.79 Å². The summed E-state index contributed by atoms with van der Waals surface area (Å²) in [5, 5.41) is 2.31. The number of likely N-dealkylation sites (tertiary alicyclic amines) is 1. The van der Waals surface area contributed by atoms with Crippen molar-refractivity contribution in [2.75, 3.05) is 19.6 Å². The summed E-state index contributed by atoms with van der Waals surface area (Å²) in [7, 11) is 0. The molecule has 0 radical (unpaired) electrons. The van der Waals surface area contributed by atoms with Gasteiger partial charge < -0.3 is 4.90 Å². The summed E-state index contributed by atoms with van der Waals surface area (Å²) >= 11 is 0. The smallest absolute Gasteiger partial charge is 0.164 e. The van der Waals surface area contributed by atoms with Crippen LogP contribution in [0.2, 0.25) is 0 Å². The Hall–Kier alpha value is -2.45. The van der Waals surface area contributed by atoms with Crippen molar-refractivity contribution in [1.82, 2.24) is 4.90 Å². The van der Waals surface area contributed by atoms with Crippen molar-refractivity contribution in [3.05, 3.63) is 83.4 Å². The van der Waals surface area contributed by atoms with Gasteiger partial charge in [-0.25, -0.2) is 0 Å². The Labute approximate surface area is 167 Å². The minimum atomic E-state index is 0.335. The minimum absolute atomic E-state index is 0.335. The second-order valence-electron chi connectivity index (χ2n) is 8.50. The second kappa shape index (κ2) is 7.52. The number of fused-ring (bicyclic) bond motifs is 3. The summed E-state index contributed by atoms with van der Waals surface area (Å²) in [5.74, 6) is 1.48. The van der Waals surface area contributed by atoms with Gasteiger partial charge in [0.15, 0.2) is 5.78 Å². The van der Waals surface area contributed by atoms with Gasteiger partial charge in [0, 0.05) is 18.5 Å². The van der Waals surface area contributed by atoms with Crippen molar-refractivity contribution in [3.63, 3.8) is 0 Å². The molecule has 2 nitrogen and oxygen atoms in total. The highest BCUT2D eigenvalue weighted by Crippen LogP contribution is 2.33. The van der Waals surface area contributed by atoms with E-state index in [1.807, 2.05) is 12.1 Å². The number of carbonyl (C=O) groups excluding carboxylic acids is 1. The quantitative estimate of drug-likeness (QED) is 0.611. The van der Waals surface area contributed by atoms with Gasteiger partial charge in [-0.3, -0.25) is 4.79 Å². The molecule has 3 aromatic carbocycles. The summed E-state index contributed by atoms with van der Waals surface area (Å²) in [6.07, 6.45) is 4.18. The molecule has 1 unspecified atom stereocenters. The average Bonchev–Trinajstić information content (AvgIpc) is 2.74. The van der Waals surface area contributed by atoms with Crippen molar-refractivity contribution >= 4 is 16.6 Å². The fraction of sp³-hybridized carbons (Fsp3) is 0.346. The van der Waals surface area contributed by atoms with E-state index in [2.05, 4.69) is 59.5 Å². The molecular formula is C26H27NO. The van der Waals surface area contributed by atoms with E-state index in [-0.39, 0.29) is 0 Å². The number of hydrogen-bond donors (Lipinski definition) is 0. The molecule has 1 atom stereocenters. The molecule has 0 amide bonds. The van der Waals surface area contributed by atoms with Crippen molar-refractivity contribution in [2.45, 2.75) is 31.6 Å². The first-order valence-electron chi connectivity index (χ1n) is 10.6. The molecule has 5 rings (SSSR count). The molecule has 0 saturated carbocycles. The van der Waals surface area contributed by atoms with Crippen LogP contribution in [0.15, 0.2) is 66.7 Å². The fourth-order valence-corrected chi connectivity index (χ4v) is 5.23. The Balaban J connectivity index is 1.26. The van der Waals surface area contributed by atoms with Crippen LogP contribution < -0.4 is 0 Å². The van der Waals surface area contributed by atoms with Gasteiger partial charge in [0.25, 0.3) is 0 Å². The molecule has 142 valence electrons. The van der Waals surface area contributed by atoms with Crippen LogP contribution >= 0.6 is 0 Å². The number of benzene rings is 3. The molecule has 2 aliphatic rings. The Morgan fingerprint density at radius 3 is 2.39 bits per heavy atom. The third-order valence-corrected chi connectivity index (χ3v) is 6.65. The van der Waals surface area contributed by atoms with Crippen LogP contribution in [0.3, 0.4) is 0 Å². The lowest BCUT2D eigenvalue weighted by molar-refractivity contribution is 0.0923. The molecule has 1 saturated heterocycles. The zero-order valence-corrected chi connectivity index (χ0v) is 16.3. The number of hydrogen-bond acceptors (Lipinski definition) is 2. The van der Waals surface area contributed by atoms with Crippen LogP contribution in [-0.4, -0.2) is 30.3 Å². The van der Waals surface area contributed by atoms with E-state index >= 15 is 0 Å². The van der Waals surface area contributed by atoms with Crippen LogP contribution in [-0.2, 0) is 6.42 Å². The van der Waals surface area contributed by atoms with E-state index < -0.39 is 0 Å². The van der Waals surface area contributed by atoms with Gasteiger partial charge in [0.05, 0.1) is 0 Å². The topological polar surface area (TPSA) is 20.3 Å². The highest BCUT2D eigenvalue weighted by atomic mass is 16.1. The van der Waals surface area contributed by atoms with Gasteiger partial charge in [0.1, 0.15) is 0 Å². The van der Waals surface area contributed by atoms with Gasteiger partial charge in [-0.1, -0.05) is 66.7 Å². The normalized spacial score (nSPS) is 21.0. The zero-order valence-electron chi connectivity index (χ0n) is 16.3. The van der Waals surface area contributed by atoms with Crippen LogP contribution in [0, 0.1) is 5.92 Å². The number of carbonyl (C=O) groups is 1. The summed E-state index contributed by atoms with van der Waals surface area (Å²) in [6.45, 7) is 3.35. The first kappa shape index (κ1) is 17.6. The molecule has 0 N–H and O–H groups in total. The van der Waals surface area contributed by atoms with Crippen LogP contribution in [0.5, 0.6) is 0 Å². The lowest BCUT2D eigenvalue weighted by atomic mass is 9.80. The maximum absolute atomic E-state index is 13.0. The third-order valence-electron chi connectivity index (χ3n) is 6.65. The SMILES string of the molecule is O=C1CC(CN2CCC(c3ccccc3)CC2)Cc2ccc3ccccc3c21. The van der Waals surface area contributed by atoms with E-state index in [1.165, 1.54) is 29.4 Å². The molecule has 0 spiro atoms. The number of rotatable bonds is 3. The maximum atomic E-state index is 13.0. The minimum Gasteiger partial charge on any atom is -0.303 e. The molecule has 2 heteroatoms. The number of Topliss-reactive ketones (excluding diaryl/α,β-unsaturated/α-hetero) is 1. The van der Waals surface area contributed by atoms with Crippen LogP contribution in [0.25, 0.3) is 10.8 Å². The van der Waals surface area contributed by atoms with Crippen LogP contribution in [0.1, 0.15) is 46.7 Å². The Morgan fingerprint density at radius 2 is 1.57 bits per heavy atom. The molecule has 1 aliphatic carbocycles. The Morgan fingerprint density at radius 1 is 0.821 bits per heavy atom. The average molecular weight is 370 g/mol. The van der Waals surface area contributed by atoms with E-state index in [1.54, 1.807) is 0 Å². The van der Waals surface area contributed by atoms with Crippen LogP contribution in [0.4, 0.5) is 0 Å². The van der Waals surface area contributed by atoms with E-state index in [4.69, 9.17) is 0 Å². The molecule has 1 heterocycles. The number of nitrogens with zero attached hydrogens (tertiary/aromatic N) is 1. The molecule has 1 fully saturated rings. The van der Waals surface area contributed by atoms with Gasteiger partial charge in [-0.05, 0) is 66.1 Å². The van der Waals surface area contributed by atoms with E-state index in [0.717, 1.165) is 37.0 Å². The molecule has 3 aromatic rings. The van der Waals surface area contributed by atoms with Crippen molar-refractivity contribution in [3.8, 4) is 0 Å². The Bertz CT molecular complexity index is 986. The fourth-order valence-electron chi connectivity index (χ4n) is 5.23. The first-order valence-corrected chi connectivity index (χ1v) is 10.6. The summed E-state index contributed by atoms with van der Waals surface area (Å²) in [5.41, 5.74) is 3.71. The molecule has 1 aliphatic heterocycles. The van der Waals surface area contributed by atoms with Crippen molar-refractivity contribution < 1.29 is 4.79 Å².